The first-order chi connectivity index (χ1) is 13.2. The Hall–Kier alpha value is -3.15. The molecule has 1 aromatic rings. The number of imidazole rings is 1. The van der Waals surface area contributed by atoms with Gasteiger partial charge >= 0.3 is 0 Å². The van der Waals surface area contributed by atoms with Gasteiger partial charge in [0, 0.05) is 47.7 Å². The van der Waals surface area contributed by atoms with Crippen LogP contribution in [-0.4, -0.2) is 22.0 Å². The van der Waals surface area contributed by atoms with Gasteiger partial charge in [-0.3, -0.25) is 0 Å². The molecule has 0 aliphatic heterocycles. The molecule has 0 amide bonds. The molecular weight excluding hydrogens is 348 g/mol. The number of aromatic nitrogens is 2. The molecule has 1 aromatic heterocycles. The van der Waals surface area contributed by atoms with Gasteiger partial charge in [0.1, 0.15) is 5.82 Å². The monoisotopic (exact) mass is 382 g/mol. The van der Waals surface area contributed by atoms with Crippen LogP contribution < -0.4 is 11.5 Å². The van der Waals surface area contributed by atoms with Crippen LogP contribution in [0.3, 0.4) is 0 Å². The van der Waals surface area contributed by atoms with Gasteiger partial charge in [0.25, 0.3) is 0 Å². The quantitative estimate of drug-likeness (QED) is 0.386. The van der Waals surface area contributed by atoms with Crippen molar-refractivity contribution in [2.75, 3.05) is 0 Å². The van der Waals surface area contributed by atoms with E-state index in [-0.39, 0.29) is 0 Å². The van der Waals surface area contributed by atoms with Gasteiger partial charge in [0.15, 0.2) is 0 Å². The van der Waals surface area contributed by atoms with E-state index in [2.05, 4.69) is 32.0 Å². The molecule has 0 aliphatic rings. The Labute approximate surface area is 169 Å². The van der Waals surface area contributed by atoms with Crippen molar-refractivity contribution in [1.29, 1.82) is 10.8 Å². The Bertz CT molecular complexity index is 818. The highest BCUT2D eigenvalue weighted by molar-refractivity contribution is 5.93. The van der Waals surface area contributed by atoms with Crippen molar-refractivity contribution >= 4 is 23.6 Å². The van der Waals surface area contributed by atoms with E-state index in [0.29, 0.717) is 22.5 Å². The number of nitrogens with zero attached hydrogens (tertiary/aromatic N) is 2. The van der Waals surface area contributed by atoms with Crippen molar-refractivity contribution in [3.05, 3.63) is 65.6 Å². The second-order valence-electron chi connectivity index (χ2n) is 6.29. The lowest BCUT2D eigenvalue weighted by Gasteiger charge is -2.10. The van der Waals surface area contributed by atoms with Gasteiger partial charge in [-0.05, 0) is 44.1 Å². The minimum Gasteiger partial charge on any atom is -0.399 e. The summed E-state index contributed by atoms with van der Waals surface area (Å²) in [5.41, 5.74) is 16.0. The van der Waals surface area contributed by atoms with Gasteiger partial charge in [-0.25, -0.2) is 4.98 Å². The molecule has 0 aromatic carbocycles. The average Bonchev–Trinajstić information content (AvgIpc) is 3.07. The SMILES string of the molecule is C=C(N)C(=C)/C=C(N)\C(C=N)=C(/C)c1nc(/C(C)=C/C=N)cn1CC.CCC. The summed E-state index contributed by atoms with van der Waals surface area (Å²) < 4.78 is 1.99. The van der Waals surface area contributed by atoms with Crippen molar-refractivity contribution in [1.82, 2.24) is 9.55 Å². The summed E-state index contributed by atoms with van der Waals surface area (Å²) in [7, 11) is 0. The normalized spacial score (nSPS) is 12.5. The molecule has 0 saturated heterocycles. The number of aryl methyl sites for hydroxylation is 1. The zero-order chi connectivity index (χ0) is 21.9. The lowest BCUT2D eigenvalue weighted by Crippen LogP contribution is -2.09. The molecule has 0 bridgehead atoms. The molecule has 6 N–H and O–H groups in total. The van der Waals surface area contributed by atoms with Crippen molar-refractivity contribution in [2.45, 2.75) is 47.6 Å². The van der Waals surface area contributed by atoms with E-state index in [4.69, 9.17) is 22.3 Å². The van der Waals surface area contributed by atoms with Crippen molar-refractivity contribution in [2.24, 2.45) is 11.5 Å². The predicted molar refractivity (Wildman–Crippen MR) is 122 cm³/mol. The summed E-state index contributed by atoms with van der Waals surface area (Å²) >= 11 is 0. The topological polar surface area (TPSA) is 118 Å². The maximum atomic E-state index is 7.74. The van der Waals surface area contributed by atoms with Crippen LogP contribution >= 0.6 is 0 Å². The van der Waals surface area contributed by atoms with Crippen molar-refractivity contribution in [3.8, 4) is 0 Å². The fourth-order valence-corrected chi connectivity index (χ4v) is 2.24. The van der Waals surface area contributed by atoms with Crippen LogP contribution in [-0.2, 0) is 6.54 Å². The maximum absolute atomic E-state index is 7.74. The van der Waals surface area contributed by atoms with E-state index in [0.717, 1.165) is 29.2 Å². The third-order valence-corrected chi connectivity index (χ3v) is 3.79. The first-order valence-corrected chi connectivity index (χ1v) is 9.26. The molecule has 6 heteroatoms. The molecule has 152 valence electrons. The van der Waals surface area contributed by atoms with Gasteiger partial charge in [-0.2, -0.15) is 0 Å². The van der Waals surface area contributed by atoms with Crippen molar-refractivity contribution in [3.63, 3.8) is 0 Å². The fraction of sp³-hybridized carbons (Fsp3) is 0.318. The minimum absolute atomic E-state index is 0.328. The summed E-state index contributed by atoms with van der Waals surface area (Å²) in [5, 5.41) is 14.9. The molecule has 0 radical (unpaired) electrons. The predicted octanol–water partition coefficient (Wildman–Crippen LogP) is 4.67. The molecule has 0 saturated carbocycles. The lowest BCUT2D eigenvalue weighted by molar-refractivity contribution is 0.747. The highest BCUT2D eigenvalue weighted by Gasteiger charge is 2.14. The van der Waals surface area contributed by atoms with E-state index in [9.17, 15) is 0 Å². The van der Waals surface area contributed by atoms with Crippen LogP contribution in [0, 0.1) is 10.8 Å². The number of allylic oxidation sites excluding steroid dienone is 5. The van der Waals surface area contributed by atoms with Crippen LogP contribution in [0.2, 0.25) is 0 Å². The van der Waals surface area contributed by atoms with Gasteiger partial charge in [0.05, 0.1) is 5.69 Å². The van der Waals surface area contributed by atoms with Gasteiger partial charge in [-0.1, -0.05) is 33.4 Å². The minimum atomic E-state index is 0.328. The standard InChI is InChI=1S/C19H26N6.C3H8/c1-6-25-11-18(12(2)7-8-20)24-19(25)14(4)16(10-21)17(23)9-13(3)15(5)22;1-3-2/h7-11,20-21H,3,5-6,22-23H2,1-2,4H3;3H2,1-2H3/b12-7+,16-14+,17-9+,20-8?,21-10?;. The summed E-state index contributed by atoms with van der Waals surface area (Å²) in [6.45, 7) is 18.2. The smallest absolute Gasteiger partial charge is 0.136 e. The molecule has 0 aliphatic carbocycles. The van der Waals surface area contributed by atoms with E-state index in [1.54, 1.807) is 12.2 Å². The lowest BCUT2D eigenvalue weighted by atomic mass is 10.0. The molecule has 0 atom stereocenters. The largest absolute Gasteiger partial charge is 0.399 e. The van der Waals surface area contributed by atoms with Crippen LogP contribution in [0.4, 0.5) is 0 Å². The summed E-state index contributed by atoms with van der Waals surface area (Å²) in [4.78, 5) is 4.65. The Kier molecular flexibility index (Phi) is 10.9. The Morgan fingerprint density at radius 2 is 1.75 bits per heavy atom. The third kappa shape index (κ3) is 6.87. The fourth-order valence-electron chi connectivity index (χ4n) is 2.24. The number of rotatable bonds is 8. The van der Waals surface area contributed by atoms with E-state index >= 15 is 0 Å². The summed E-state index contributed by atoms with van der Waals surface area (Å²) in [6, 6.07) is 0. The number of hydrogen-bond donors (Lipinski definition) is 4. The highest BCUT2D eigenvalue weighted by atomic mass is 15.1. The van der Waals surface area contributed by atoms with E-state index < -0.39 is 0 Å². The zero-order valence-electron chi connectivity index (χ0n) is 17.8. The first-order valence-electron chi connectivity index (χ1n) is 9.26. The molecular formula is C22H34N6. The molecule has 0 spiro atoms. The number of nitrogens with one attached hydrogen (secondary N) is 2. The van der Waals surface area contributed by atoms with Crippen LogP contribution in [0.1, 0.15) is 52.6 Å². The molecule has 0 fully saturated rings. The number of hydrogen-bond acceptors (Lipinski definition) is 5. The molecule has 1 rings (SSSR count). The van der Waals surface area contributed by atoms with Crippen LogP contribution in [0.25, 0.3) is 11.1 Å². The van der Waals surface area contributed by atoms with Crippen LogP contribution in [0.15, 0.2) is 54.0 Å². The average molecular weight is 383 g/mol. The van der Waals surface area contributed by atoms with E-state index in [1.165, 1.54) is 18.9 Å². The highest BCUT2D eigenvalue weighted by Crippen LogP contribution is 2.23. The Morgan fingerprint density at radius 3 is 2.18 bits per heavy atom. The van der Waals surface area contributed by atoms with E-state index in [1.807, 2.05) is 31.5 Å². The Balaban J connectivity index is 0.00000227. The summed E-state index contributed by atoms with van der Waals surface area (Å²) in [6.07, 6.45) is 8.90. The van der Waals surface area contributed by atoms with Gasteiger partial charge < -0.3 is 26.9 Å². The molecule has 1 heterocycles. The third-order valence-electron chi connectivity index (χ3n) is 3.79. The van der Waals surface area contributed by atoms with Gasteiger partial charge in [-0.15, -0.1) is 0 Å². The Morgan fingerprint density at radius 1 is 1.18 bits per heavy atom. The van der Waals surface area contributed by atoms with Crippen LogP contribution in [0.5, 0.6) is 0 Å². The second-order valence-corrected chi connectivity index (χ2v) is 6.29. The summed E-state index contributed by atoms with van der Waals surface area (Å²) in [5.74, 6) is 0.724. The maximum Gasteiger partial charge on any atom is 0.136 e. The second kappa shape index (κ2) is 12.3. The molecule has 6 nitrogen and oxygen atoms in total. The van der Waals surface area contributed by atoms with Crippen molar-refractivity contribution < 1.29 is 0 Å². The first kappa shape index (κ1) is 24.8. The van der Waals surface area contributed by atoms with Gasteiger partial charge in [0.2, 0.25) is 0 Å². The molecule has 0 unspecified atom stereocenters. The number of nitrogens with two attached hydrogens (primary N) is 2. The zero-order valence-corrected chi connectivity index (χ0v) is 17.8. The molecule has 28 heavy (non-hydrogen) atoms.